The molecule has 0 unspecified atom stereocenters. The van der Waals surface area contributed by atoms with Crippen molar-refractivity contribution in [2.75, 3.05) is 26.7 Å². The zero-order chi connectivity index (χ0) is 20.6. The monoisotopic (exact) mass is 399 g/mol. The molecule has 0 bridgehead atoms. The lowest BCUT2D eigenvalue weighted by molar-refractivity contribution is -0.139. The molecule has 0 radical (unpaired) electrons. The minimum atomic E-state index is -0.666. The first-order valence-corrected chi connectivity index (χ1v) is 9.57. The van der Waals surface area contributed by atoms with Crippen LogP contribution in [0.3, 0.4) is 0 Å². The van der Waals surface area contributed by atoms with Gasteiger partial charge in [0.15, 0.2) is 0 Å². The van der Waals surface area contributed by atoms with Crippen molar-refractivity contribution in [3.05, 3.63) is 54.0 Å². The maximum Gasteiger partial charge on any atom is 0.309 e. The molecule has 1 aromatic carbocycles. The molecule has 8 nitrogen and oxygen atoms in total. The molecule has 1 saturated heterocycles. The molecule has 3 rings (SSSR count). The number of nitrogens with one attached hydrogen (secondary N) is 2. The lowest BCUT2D eigenvalue weighted by Crippen LogP contribution is -2.44. The van der Waals surface area contributed by atoms with Crippen molar-refractivity contribution in [1.29, 1.82) is 0 Å². The predicted molar refractivity (Wildman–Crippen MR) is 105 cm³/mol. The Kier molecular flexibility index (Phi) is 6.89. The van der Waals surface area contributed by atoms with Gasteiger partial charge in [0.05, 0.1) is 18.9 Å². The van der Waals surface area contributed by atoms with E-state index in [2.05, 4.69) is 10.6 Å². The van der Waals surface area contributed by atoms with Crippen molar-refractivity contribution in [3.8, 4) is 5.75 Å². The molecule has 2 aromatic rings. The van der Waals surface area contributed by atoms with Crippen LogP contribution in [0, 0.1) is 5.92 Å². The molecule has 2 heterocycles. The van der Waals surface area contributed by atoms with Crippen molar-refractivity contribution in [2.45, 2.75) is 19.4 Å². The summed E-state index contributed by atoms with van der Waals surface area (Å²) in [5.74, 6) is -0.430. The van der Waals surface area contributed by atoms with Gasteiger partial charge in [0.1, 0.15) is 12.0 Å². The molecule has 3 amide bonds. The summed E-state index contributed by atoms with van der Waals surface area (Å²) in [6.45, 7) is 1.90. The Hall–Kier alpha value is -3.29. The Bertz CT molecular complexity index is 842. The van der Waals surface area contributed by atoms with E-state index in [0.29, 0.717) is 30.9 Å². The van der Waals surface area contributed by atoms with Crippen LogP contribution in [0.5, 0.6) is 5.75 Å². The molecule has 154 valence electrons. The van der Waals surface area contributed by atoms with Gasteiger partial charge >= 0.3 is 11.8 Å². The number of likely N-dealkylation sites (tertiary alicyclic amines) is 1. The Labute approximate surface area is 169 Å². The second-order valence-electron chi connectivity index (χ2n) is 6.99. The Balaban J connectivity index is 1.37. The van der Waals surface area contributed by atoms with Crippen molar-refractivity contribution in [1.82, 2.24) is 15.5 Å². The summed E-state index contributed by atoms with van der Waals surface area (Å²) in [4.78, 5) is 38.1. The van der Waals surface area contributed by atoms with Crippen LogP contribution in [0.1, 0.15) is 28.8 Å². The first-order valence-electron chi connectivity index (χ1n) is 9.57. The normalized spacial score (nSPS) is 14.3. The fourth-order valence-electron chi connectivity index (χ4n) is 3.27. The van der Waals surface area contributed by atoms with Crippen LogP contribution in [0.4, 0.5) is 0 Å². The van der Waals surface area contributed by atoms with Crippen molar-refractivity contribution in [2.24, 2.45) is 5.92 Å². The van der Waals surface area contributed by atoms with Gasteiger partial charge in [0, 0.05) is 26.2 Å². The summed E-state index contributed by atoms with van der Waals surface area (Å²) >= 11 is 0. The summed E-state index contributed by atoms with van der Waals surface area (Å²) < 4.78 is 10.1. The fraction of sp³-hybridized carbons (Fsp3) is 0.381. The van der Waals surface area contributed by atoms with Crippen LogP contribution in [0.15, 0.2) is 47.3 Å². The number of piperidine rings is 1. The van der Waals surface area contributed by atoms with Gasteiger partial charge in [0.2, 0.25) is 0 Å². The quantitative estimate of drug-likeness (QED) is 0.718. The number of amides is 3. The maximum absolute atomic E-state index is 12.3. The molecule has 0 atom stereocenters. The number of furan rings is 1. The standard InChI is InChI=1S/C21H25N3O5/c1-28-18-4-2-3-16(11-18)13-23-20(26)19(25)22-12-15-5-8-24(9-6-15)21(27)17-7-10-29-14-17/h2-4,7,10-11,14-15H,5-6,8-9,12-13H2,1H3,(H,22,25)(H,23,26). The number of methoxy groups -OCH3 is 1. The molecular formula is C21H25N3O5. The van der Waals surface area contributed by atoms with Crippen LogP contribution in [-0.4, -0.2) is 49.4 Å². The summed E-state index contributed by atoms with van der Waals surface area (Å²) in [6.07, 6.45) is 4.47. The second-order valence-corrected chi connectivity index (χ2v) is 6.99. The number of rotatable bonds is 6. The highest BCUT2D eigenvalue weighted by Gasteiger charge is 2.25. The molecule has 1 aromatic heterocycles. The number of nitrogens with zero attached hydrogens (tertiary/aromatic N) is 1. The molecule has 0 spiro atoms. The maximum atomic E-state index is 12.3. The first kappa shape index (κ1) is 20.4. The molecular weight excluding hydrogens is 374 g/mol. The topological polar surface area (TPSA) is 101 Å². The predicted octanol–water partition coefficient (Wildman–Crippen LogP) is 1.57. The summed E-state index contributed by atoms with van der Waals surface area (Å²) in [5, 5.41) is 5.30. The summed E-state index contributed by atoms with van der Waals surface area (Å²) in [5.41, 5.74) is 1.39. The van der Waals surface area contributed by atoms with E-state index in [1.54, 1.807) is 24.1 Å². The van der Waals surface area contributed by atoms with Crippen LogP contribution in [0.25, 0.3) is 0 Å². The van der Waals surface area contributed by atoms with Crippen molar-refractivity contribution >= 4 is 17.7 Å². The zero-order valence-electron chi connectivity index (χ0n) is 16.3. The van der Waals surface area contributed by atoms with Crippen LogP contribution >= 0.6 is 0 Å². The van der Waals surface area contributed by atoms with Crippen LogP contribution in [-0.2, 0) is 16.1 Å². The second kappa shape index (κ2) is 9.77. The fourth-order valence-corrected chi connectivity index (χ4v) is 3.27. The average Bonchev–Trinajstić information content (AvgIpc) is 3.30. The van der Waals surface area contributed by atoms with E-state index in [1.807, 2.05) is 18.2 Å². The molecule has 1 aliphatic rings. The first-order chi connectivity index (χ1) is 14.1. The molecule has 8 heteroatoms. The molecule has 29 heavy (non-hydrogen) atoms. The minimum Gasteiger partial charge on any atom is -0.497 e. The average molecular weight is 399 g/mol. The van der Waals surface area contributed by atoms with Gasteiger partial charge in [-0.1, -0.05) is 12.1 Å². The number of hydrogen-bond donors (Lipinski definition) is 2. The lowest BCUT2D eigenvalue weighted by atomic mass is 9.96. The number of carbonyl (C=O) groups excluding carboxylic acids is 3. The van der Waals surface area contributed by atoms with Gasteiger partial charge in [-0.05, 0) is 42.5 Å². The molecule has 1 fully saturated rings. The van der Waals surface area contributed by atoms with Crippen molar-refractivity contribution < 1.29 is 23.5 Å². The number of ether oxygens (including phenoxy) is 1. The number of hydrogen-bond acceptors (Lipinski definition) is 5. The highest BCUT2D eigenvalue weighted by atomic mass is 16.5. The SMILES string of the molecule is COc1cccc(CNC(=O)C(=O)NCC2CCN(C(=O)c3ccoc3)CC2)c1. The molecule has 1 aliphatic heterocycles. The van der Waals surface area contributed by atoms with E-state index < -0.39 is 11.8 Å². The van der Waals surface area contributed by atoms with Gasteiger partial charge in [0.25, 0.3) is 5.91 Å². The molecule has 2 N–H and O–H groups in total. The van der Waals surface area contributed by atoms with E-state index in [9.17, 15) is 14.4 Å². The Morgan fingerprint density at radius 2 is 1.90 bits per heavy atom. The van der Waals surface area contributed by atoms with Crippen LogP contribution in [0.2, 0.25) is 0 Å². The van der Waals surface area contributed by atoms with E-state index >= 15 is 0 Å². The van der Waals surface area contributed by atoms with E-state index in [1.165, 1.54) is 12.5 Å². The van der Waals surface area contributed by atoms with E-state index in [0.717, 1.165) is 18.4 Å². The third-order valence-electron chi connectivity index (χ3n) is 5.01. The lowest BCUT2D eigenvalue weighted by Gasteiger charge is -2.31. The number of benzene rings is 1. The van der Waals surface area contributed by atoms with Gasteiger partial charge in [-0.2, -0.15) is 0 Å². The van der Waals surface area contributed by atoms with Gasteiger partial charge in [-0.25, -0.2) is 0 Å². The Morgan fingerprint density at radius 3 is 2.59 bits per heavy atom. The largest absolute Gasteiger partial charge is 0.497 e. The smallest absolute Gasteiger partial charge is 0.309 e. The van der Waals surface area contributed by atoms with Gasteiger partial charge in [-0.3, -0.25) is 14.4 Å². The van der Waals surface area contributed by atoms with E-state index in [-0.39, 0.29) is 18.4 Å². The zero-order valence-corrected chi connectivity index (χ0v) is 16.3. The third kappa shape index (κ3) is 5.60. The van der Waals surface area contributed by atoms with Gasteiger partial charge in [-0.15, -0.1) is 0 Å². The number of carbonyl (C=O) groups is 3. The summed E-state index contributed by atoms with van der Waals surface area (Å²) in [6, 6.07) is 8.94. The highest BCUT2D eigenvalue weighted by molar-refractivity contribution is 6.35. The van der Waals surface area contributed by atoms with Gasteiger partial charge < -0.3 is 24.7 Å². The Morgan fingerprint density at radius 1 is 1.14 bits per heavy atom. The van der Waals surface area contributed by atoms with E-state index in [4.69, 9.17) is 9.15 Å². The minimum absolute atomic E-state index is 0.0434. The van der Waals surface area contributed by atoms with Crippen molar-refractivity contribution in [3.63, 3.8) is 0 Å². The van der Waals surface area contributed by atoms with Crippen LogP contribution < -0.4 is 15.4 Å². The third-order valence-corrected chi connectivity index (χ3v) is 5.01. The highest BCUT2D eigenvalue weighted by Crippen LogP contribution is 2.18. The summed E-state index contributed by atoms with van der Waals surface area (Å²) in [7, 11) is 1.57. The molecule has 0 saturated carbocycles. The molecule has 0 aliphatic carbocycles.